The maximum atomic E-state index is 13.0. The van der Waals surface area contributed by atoms with Crippen molar-refractivity contribution in [1.82, 2.24) is 5.32 Å². The number of nitrogens with one attached hydrogen (secondary N) is 2. The van der Waals surface area contributed by atoms with E-state index in [0.29, 0.717) is 11.6 Å². The number of carbonyl (C=O) groups is 3. The van der Waals surface area contributed by atoms with E-state index in [4.69, 9.17) is 11.6 Å². The number of sulfone groups is 1. The Balaban J connectivity index is 1.56. The smallest absolute Gasteiger partial charge is 0.251 e. The third-order valence-electron chi connectivity index (χ3n) is 5.31. The summed E-state index contributed by atoms with van der Waals surface area (Å²) in [7, 11) is -4.29. The Morgan fingerprint density at radius 2 is 1.67 bits per heavy atom. The first kappa shape index (κ1) is 22.7. The van der Waals surface area contributed by atoms with Crippen LogP contribution in [0.2, 0.25) is 5.02 Å². The van der Waals surface area contributed by atoms with Crippen LogP contribution in [0.5, 0.6) is 0 Å². The molecule has 1 unspecified atom stereocenters. The molecule has 2 N–H and O–H groups in total. The van der Waals surface area contributed by atoms with Crippen molar-refractivity contribution in [2.45, 2.75) is 23.6 Å². The first-order valence-electron chi connectivity index (χ1n) is 9.99. The molecule has 1 heterocycles. The highest BCUT2D eigenvalue weighted by atomic mass is 35.5. The van der Waals surface area contributed by atoms with Gasteiger partial charge in [0.2, 0.25) is 5.25 Å². The molecular formula is C24H19ClN2O5S. The topological polar surface area (TPSA) is 109 Å². The van der Waals surface area contributed by atoms with Gasteiger partial charge in [-0.3, -0.25) is 14.4 Å². The number of halogens is 1. The minimum absolute atomic E-state index is 0.0206. The number of fused-ring (bicyclic) bond motifs is 1. The fraction of sp³-hybridized carbons (Fsp3) is 0.125. The molecule has 0 bridgehead atoms. The zero-order chi connectivity index (χ0) is 23.8. The Labute approximate surface area is 195 Å². The molecular weight excluding hydrogens is 464 g/mol. The van der Waals surface area contributed by atoms with E-state index >= 15 is 0 Å². The number of amides is 2. The van der Waals surface area contributed by atoms with Gasteiger partial charge in [-0.25, -0.2) is 8.42 Å². The molecule has 0 aliphatic carbocycles. The molecule has 9 heteroatoms. The van der Waals surface area contributed by atoms with Gasteiger partial charge in [-0.2, -0.15) is 0 Å². The van der Waals surface area contributed by atoms with Gasteiger partial charge in [0.1, 0.15) is 0 Å². The number of carbonyl (C=O) groups excluding carboxylic acids is 3. The second-order valence-electron chi connectivity index (χ2n) is 7.66. The van der Waals surface area contributed by atoms with Gasteiger partial charge in [0, 0.05) is 22.7 Å². The van der Waals surface area contributed by atoms with E-state index in [1.54, 1.807) is 0 Å². The number of aryl methyl sites for hydroxylation is 1. The number of hydrogen-bond acceptors (Lipinski definition) is 5. The number of anilines is 1. The van der Waals surface area contributed by atoms with E-state index in [0.717, 1.165) is 11.1 Å². The van der Waals surface area contributed by atoms with Gasteiger partial charge in [0.05, 0.1) is 10.6 Å². The highest BCUT2D eigenvalue weighted by molar-refractivity contribution is 7.93. The summed E-state index contributed by atoms with van der Waals surface area (Å²) < 4.78 is 25.9. The lowest BCUT2D eigenvalue weighted by atomic mass is 9.99. The molecule has 0 fully saturated rings. The fourth-order valence-electron chi connectivity index (χ4n) is 3.49. The number of benzene rings is 3. The lowest BCUT2D eigenvalue weighted by molar-refractivity contribution is -0.115. The van der Waals surface area contributed by atoms with Crippen molar-refractivity contribution in [2.24, 2.45) is 0 Å². The molecule has 1 atom stereocenters. The molecule has 3 aromatic rings. The summed E-state index contributed by atoms with van der Waals surface area (Å²) in [6, 6.07) is 17.1. The van der Waals surface area contributed by atoms with Crippen molar-refractivity contribution in [3.8, 4) is 0 Å². The molecule has 0 aromatic heterocycles. The highest BCUT2D eigenvalue weighted by Crippen LogP contribution is 2.30. The number of Topliss-reactive ketones (excluding diaryl/α,β-unsaturated/α-hetero) is 1. The van der Waals surface area contributed by atoms with Crippen LogP contribution in [0, 0.1) is 6.92 Å². The van der Waals surface area contributed by atoms with Crippen molar-refractivity contribution in [2.75, 3.05) is 5.32 Å². The Hall–Kier alpha value is -3.49. The minimum Gasteiger partial charge on any atom is -0.348 e. The summed E-state index contributed by atoms with van der Waals surface area (Å²) in [5.41, 5.74) is 2.37. The van der Waals surface area contributed by atoms with Crippen LogP contribution in [0.15, 0.2) is 71.6 Å². The van der Waals surface area contributed by atoms with Crippen LogP contribution < -0.4 is 10.6 Å². The molecule has 0 saturated carbocycles. The van der Waals surface area contributed by atoms with E-state index in [2.05, 4.69) is 10.6 Å². The van der Waals surface area contributed by atoms with Crippen LogP contribution in [0.3, 0.4) is 0 Å². The number of rotatable bonds is 5. The van der Waals surface area contributed by atoms with Gasteiger partial charge >= 0.3 is 0 Å². The Kier molecular flexibility index (Phi) is 6.05. The summed E-state index contributed by atoms with van der Waals surface area (Å²) in [5.74, 6) is -2.22. The Morgan fingerprint density at radius 1 is 1.00 bits per heavy atom. The maximum absolute atomic E-state index is 13.0. The first-order chi connectivity index (χ1) is 15.7. The SMILES string of the molecule is Cc1ccc(CNC(=O)c2ccc3c(c2)NC(=O)C(S(=O)(=O)c2ccc(Cl)cc2)C3=O)cc1. The summed E-state index contributed by atoms with van der Waals surface area (Å²) in [4.78, 5) is 38.0. The third kappa shape index (κ3) is 4.53. The minimum atomic E-state index is -4.29. The fourth-order valence-corrected chi connectivity index (χ4v) is 5.16. The van der Waals surface area contributed by atoms with Crippen LogP contribution in [0.4, 0.5) is 5.69 Å². The maximum Gasteiger partial charge on any atom is 0.251 e. The first-order valence-corrected chi connectivity index (χ1v) is 11.9. The van der Waals surface area contributed by atoms with Gasteiger partial charge in [-0.05, 0) is 55.0 Å². The van der Waals surface area contributed by atoms with Crippen LogP contribution in [0.1, 0.15) is 31.8 Å². The van der Waals surface area contributed by atoms with Crippen molar-refractivity contribution in [3.63, 3.8) is 0 Å². The standard InChI is InChI=1S/C24H19ClN2O5S/c1-14-2-4-15(5-3-14)13-26-23(29)16-6-11-19-20(12-16)27-24(30)22(21(19)28)33(31,32)18-9-7-17(25)8-10-18/h2-12,22H,13H2,1H3,(H,26,29)(H,27,30). The second-order valence-corrected chi connectivity index (χ2v) is 10.1. The average Bonchev–Trinajstić information content (AvgIpc) is 2.78. The Bertz CT molecular complexity index is 1370. The van der Waals surface area contributed by atoms with Gasteiger partial charge < -0.3 is 10.6 Å². The molecule has 7 nitrogen and oxygen atoms in total. The van der Waals surface area contributed by atoms with Crippen molar-refractivity contribution in [1.29, 1.82) is 0 Å². The average molecular weight is 483 g/mol. The van der Waals surface area contributed by atoms with Crippen molar-refractivity contribution < 1.29 is 22.8 Å². The summed E-state index contributed by atoms with van der Waals surface area (Å²) in [5, 5.41) is 3.64. The third-order valence-corrected chi connectivity index (χ3v) is 7.54. The van der Waals surface area contributed by atoms with E-state index in [-0.39, 0.29) is 21.7 Å². The van der Waals surface area contributed by atoms with Crippen LogP contribution in [-0.2, 0) is 21.2 Å². The largest absolute Gasteiger partial charge is 0.348 e. The molecule has 1 aliphatic rings. The van der Waals surface area contributed by atoms with Gasteiger partial charge in [0.15, 0.2) is 15.6 Å². The number of hydrogen-bond donors (Lipinski definition) is 2. The van der Waals surface area contributed by atoms with E-state index in [9.17, 15) is 22.8 Å². The molecule has 2 amide bonds. The van der Waals surface area contributed by atoms with Gasteiger partial charge in [-0.15, -0.1) is 0 Å². The zero-order valence-electron chi connectivity index (χ0n) is 17.5. The summed E-state index contributed by atoms with van der Waals surface area (Å²) >= 11 is 5.80. The summed E-state index contributed by atoms with van der Waals surface area (Å²) in [6.07, 6.45) is 0. The van der Waals surface area contributed by atoms with Crippen LogP contribution >= 0.6 is 11.6 Å². The van der Waals surface area contributed by atoms with Gasteiger partial charge in [0.25, 0.3) is 11.8 Å². The number of ketones is 1. The molecule has 0 spiro atoms. The molecule has 3 aromatic carbocycles. The van der Waals surface area contributed by atoms with E-state index in [1.165, 1.54) is 42.5 Å². The molecule has 33 heavy (non-hydrogen) atoms. The van der Waals surface area contributed by atoms with E-state index < -0.39 is 32.7 Å². The highest BCUT2D eigenvalue weighted by Gasteiger charge is 2.44. The molecule has 1 aliphatic heterocycles. The van der Waals surface area contributed by atoms with Crippen molar-refractivity contribution >= 4 is 44.7 Å². The monoisotopic (exact) mass is 482 g/mol. The van der Waals surface area contributed by atoms with Crippen LogP contribution in [-0.4, -0.2) is 31.3 Å². The molecule has 168 valence electrons. The predicted molar refractivity (Wildman–Crippen MR) is 124 cm³/mol. The quantitative estimate of drug-likeness (QED) is 0.540. The summed E-state index contributed by atoms with van der Waals surface area (Å²) in [6.45, 7) is 2.28. The second kappa shape index (κ2) is 8.80. The normalized spacial score (nSPS) is 15.5. The molecule has 4 rings (SSSR count). The lowest BCUT2D eigenvalue weighted by Gasteiger charge is -2.24. The molecule has 0 saturated heterocycles. The van der Waals surface area contributed by atoms with Gasteiger partial charge in [-0.1, -0.05) is 41.4 Å². The van der Waals surface area contributed by atoms with Crippen LogP contribution in [0.25, 0.3) is 0 Å². The Morgan fingerprint density at radius 3 is 2.33 bits per heavy atom. The lowest BCUT2D eigenvalue weighted by Crippen LogP contribution is -2.45. The predicted octanol–water partition coefficient (Wildman–Crippen LogP) is 3.56. The zero-order valence-corrected chi connectivity index (χ0v) is 19.0. The molecule has 0 radical (unpaired) electrons. The van der Waals surface area contributed by atoms with E-state index in [1.807, 2.05) is 31.2 Å². The van der Waals surface area contributed by atoms with Crippen molar-refractivity contribution in [3.05, 3.63) is 94.0 Å².